The van der Waals surface area contributed by atoms with Crippen LogP contribution in [0, 0.1) is 13.8 Å². The molecular formula is C42H29NS. The lowest BCUT2D eigenvalue weighted by Gasteiger charge is -2.29. The topological polar surface area (TPSA) is 3.24 Å². The van der Waals surface area contributed by atoms with Gasteiger partial charge in [0, 0.05) is 36.9 Å². The molecule has 0 aliphatic rings. The van der Waals surface area contributed by atoms with Crippen LogP contribution in [0.1, 0.15) is 11.1 Å². The molecule has 0 aliphatic carbocycles. The van der Waals surface area contributed by atoms with Gasteiger partial charge in [-0.25, -0.2) is 0 Å². The molecule has 0 aliphatic heterocycles. The highest BCUT2D eigenvalue weighted by atomic mass is 32.1. The van der Waals surface area contributed by atoms with Gasteiger partial charge in [0.2, 0.25) is 0 Å². The number of hydrogen-bond donors (Lipinski definition) is 0. The van der Waals surface area contributed by atoms with Gasteiger partial charge in [-0.3, -0.25) is 0 Å². The van der Waals surface area contributed by atoms with E-state index in [1.54, 1.807) is 0 Å². The second-order valence-electron chi connectivity index (χ2n) is 11.8. The minimum absolute atomic E-state index is 1.15. The smallest absolute Gasteiger partial charge is 0.0543 e. The molecule has 0 unspecified atom stereocenters. The fourth-order valence-corrected chi connectivity index (χ4v) is 8.41. The molecule has 9 rings (SSSR count). The molecule has 9 aromatic rings. The number of fused-ring (bicyclic) bond motifs is 3. The Balaban J connectivity index is 1.31. The molecule has 2 heteroatoms. The van der Waals surface area contributed by atoms with E-state index in [9.17, 15) is 0 Å². The summed E-state index contributed by atoms with van der Waals surface area (Å²) in [5, 5.41) is 10.6. The summed E-state index contributed by atoms with van der Waals surface area (Å²) < 4.78 is 2.67. The highest BCUT2D eigenvalue weighted by molar-refractivity contribution is 7.26. The monoisotopic (exact) mass is 579 g/mol. The zero-order valence-electron chi connectivity index (χ0n) is 24.6. The Bertz CT molecular complexity index is 2520. The average Bonchev–Trinajstić information content (AvgIpc) is 3.45. The van der Waals surface area contributed by atoms with Crippen molar-refractivity contribution in [2.45, 2.75) is 13.8 Å². The van der Waals surface area contributed by atoms with Crippen molar-refractivity contribution in [2.75, 3.05) is 4.90 Å². The Kier molecular flexibility index (Phi) is 5.57. The van der Waals surface area contributed by atoms with E-state index >= 15 is 0 Å². The molecule has 0 bridgehead atoms. The van der Waals surface area contributed by atoms with Gasteiger partial charge in [0.25, 0.3) is 0 Å². The number of hydrogen-bond acceptors (Lipinski definition) is 2. The van der Waals surface area contributed by atoms with Crippen LogP contribution in [0.15, 0.2) is 140 Å². The summed E-state index contributed by atoms with van der Waals surface area (Å²) in [5.74, 6) is 0. The van der Waals surface area contributed by atoms with Crippen LogP contribution >= 0.6 is 11.3 Å². The molecule has 0 amide bonds. The largest absolute Gasteiger partial charge is 0.310 e. The number of benzene rings is 8. The van der Waals surface area contributed by atoms with E-state index in [-0.39, 0.29) is 0 Å². The first kappa shape index (κ1) is 25.3. The molecule has 0 atom stereocenters. The minimum Gasteiger partial charge on any atom is -0.310 e. The third-order valence-electron chi connectivity index (χ3n) is 9.26. The second kappa shape index (κ2) is 9.67. The maximum absolute atomic E-state index is 2.44. The van der Waals surface area contributed by atoms with Crippen molar-refractivity contribution in [1.29, 1.82) is 0 Å². The molecule has 208 valence electrons. The van der Waals surface area contributed by atoms with Gasteiger partial charge in [0.05, 0.1) is 5.69 Å². The normalized spacial score (nSPS) is 11.9. The van der Waals surface area contributed by atoms with E-state index in [2.05, 4.69) is 158 Å². The molecule has 0 saturated carbocycles. The highest BCUT2D eigenvalue weighted by Gasteiger charge is 2.21. The number of thiophene rings is 1. The summed E-state index contributed by atoms with van der Waals surface area (Å²) in [4.78, 5) is 2.44. The standard InChI is InChI=1S/C42H29NS/c1-26-18-19-28-20-21-33-27(2)24-38(37-23-22-32(26)40(28)41(33)37)43(30-11-4-3-5-12-30)31-13-8-10-29(25-31)34-15-9-16-36-35-14-6-7-17-39(35)44-42(34)36/h3-25H,1-2H3. The number of para-hydroxylation sites is 1. The Morgan fingerprint density at radius 3 is 2.09 bits per heavy atom. The number of anilines is 3. The zero-order valence-corrected chi connectivity index (χ0v) is 25.5. The predicted molar refractivity (Wildman–Crippen MR) is 193 cm³/mol. The lowest BCUT2D eigenvalue weighted by Crippen LogP contribution is -2.11. The molecule has 0 N–H and O–H groups in total. The molecule has 0 radical (unpaired) electrons. The maximum atomic E-state index is 2.44. The van der Waals surface area contributed by atoms with Gasteiger partial charge in [-0.15, -0.1) is 11.3 Å². The Labute approximate surface area is 260 Å². The van der Waals surface area contributed by atoms with Crippen LogP contribution in [0.25, 0.3) is 63.6 Å². The molecule has 1 aromatic heterocycles. The van der Waals surface area contributed by atoms with Crippen LogP contribution in [0.2, 0.25) is 0 Å². The molecular weight excluding hydrogens is 551 g/mol. The summed E-state index contributed by atoms with van der Waals surface area (Å²) in [7, 11) is 0. The quantitative estimate of drug-likeness (QED) is 0.187. The van der Waals surface area contributed by atoms with E-state index in [0.717, 1.165) is 11.4 Å². The number of aryl methyl sites for hydroxylation is 2. The van der Waals surface area contributed by atoms with Crippen LogP contribution in [0.5, 0.6) is 0 Å². The highest BCUT2D eigenvalue weighted by Crippen LogP contribution is 2.47. The third-order valence-corrected chi connectivity index (χ3v) is 10.5. The van der Waals surface area contributed by atoms with Crippen molar-refractivity contribution in [1.82, 2.24) is 0 Å². The molecule has 44 heavy (non-hydrogen) atoms. The van der Waals surface area contributed by atoms with E-state index in [1.807, 2.05) is 11.3 Å². The summed E-state index contributed by atoms with van der Waals surface area (Å²) in [5.41, 5.74) is 8.61. The Hall–Kier alpha value is -5.18. The first-order valence-electron chi connectivity index (χ1n) is 15.2. The maximum Gasteiger partial charge on any atom is 0.0543 e. The first-order chi connectivity index (χ1) is 21.7. The summed E-state index contributed by atoms with van der Waals surface area (Å²) in [6.07, 6.45) is 0. The van der Waals surface area contributed by atoms with Gasteiger partial charge in [-0.2, -0.15) is 0 Å². The van der Waals surface area contributed by atoms with Crippen LogP contribution < -0.4 is 4.90 Å². The number of rotatable bonds is 4. The van der Waals surface area contributed by atoms with Crippen LogP contribution in [-0.2, 0) is 0 Å². The van der Waals surface area contributed by atoms with Crippen molar-refractivity contribution < 1.29 is 0 Å². The number of nitrogens with zero attached hydrogens (tertiary/aromatic N) is 1. The van der Waals surface area contributed by atoms with Crippen molar-refractivity contribution in [3.63, 3.8) is 0 Å². The zero-order chi connectivity index (χ0) is 29.4. The molecule has 0 saturated heterocycles. The molecule has 0 spiro atoms. The van der Waals surface area contributed by atoms with Gasteiger partial charge in [0.15, 0.2) is 0 Å². The van der Waals surface area contributed by atoms with Crippen LogP contribution in [0.3, 0.4) is 0 Å². The lowest BCUT2D eigenvalue weighted by molar-refractivity contribution is 1.29. The van der Waals surface area contributed by atoms with Gasteiger partial charge in [-0.1, -0.05) is 103 Å². The first-order valence-corrected chi connectivity index (χ1v) is 16.0. The molecule has 8 aromatic carbocycles. The fraction of sp³-hybridized carbons (Fsp3) is 0.0476. The van der Waals surface area contributed by atoms with Gasteiger partial charge < -0.3 is 4.90 Å². The molecule has 1 nitrogen and oxygen atoms in total. The average molecular weight is 580 g/mol. The summed E-state index contributed by atoms with van der Waals surface area (Å²) in [6, 6.07) is 51.5. The SMILES string of the molecule is Cc1ccc2ccc3c(C)cc(N(c4ccccc4)c4cccc(-c5cccc6c5sc5ccccc56)c4)c4ccc1c2c34. The predicted octanol–water partition coefficient (Wildman–Crippen LogP) is 12.7. The van der Waals surface area contributed by atoms with Crippen LogP contribution in [0.4, 0.5) is 17.1 Å². The van der Waals surface area contributed by atoms with Gasteiger partial charge >= 0.3 is 0 Å². The summed E-state index contributed by atoms with van der Waals surface area (Å²) >= 11 is 1.89. The second-order valence-corrected chi connectivity index (χ2v) is 12.9. The fourth-order valence-electron chi connectivity index (χ4n) is 7.17. The van der Waals surface area contributed by atoms with E-state index in [0.29, 0.717) is 0 Å². The van der Waals surface area contributed by atoms with Gasteiger partial charge in [0.1, 0.15) is 0 Å². The van der Waals surface area contributed by atoms with E-state index in [1.165, 1.54) is 80.4 Å². The van der Waals surface area contributed by atoms with Gasteiger partial charge in [-0.05, 0) is 99.4 Å². The van der Waals surface area contributed by atoms with Crippen molar-refractivity contribution in [3.05, 3.63) is 151 Å². The lowest BCUT2D eigenvalue weighted by atomic mass is 9.89. The summed E-state index contributed by atoms with van der Waals surface area (Å²) in [6.45, 7) is 4.47. The van der Waals surface area contributed by atoms with E-state index < -0.39 is 0 Å². The minimum atomic E-state index is 1.15. The third kappa shape index (κ3) is 3.71. The Morgan fingerprint density at radius 1 is 0.477 bits per heavy atom. The van der Waals surface area contributed by atoms with E-state index in [4.69, 9.17) is 0 Å². The van der Waals surface area contributed by atoms with Crippen molar-refractivity contribution >= 4 is 80.9 Å². The molecule has 0 fully saturated rings. The Morgan fingerprint density at radius 2 is 1.18 bits per heavy atom. The van der Waals surface area contributed by atoms with Crippen molar-refractivity contribution in [3.8, 4) is 11.1 Å². The molecule has 1 heterocycles. The van der Waals surface area contributed by atoms with Crippen LogP contribution in [-0.4, -0.2) is 0 Å². The van der Waals surface area contributed by atoms with Crippen molar-refractivity contribution in [2.24, 2.45) is 0 Å².